The first kappa shape index (κ1) is 19.5. The van der Waals surface area contributed by atoms with Gasteiger partial charge in [0.05, 0.1) is 11.6 Å². The van der Waals surface area contributed by atoms with Crippen molar-refractivity contribution >= 4 is 11.8 Å². The van der Waals surface area contributed by atoms with E-state index >= 15 is 0 Å². The quantitative estimate of drug-likeness (QED) is 0.775. The van der Waals surface area contributed by atoms with E-state index in [4.69, 9.17) is 5.73 Å². The van der Waals surface area contributed by atoms with Gasteiger partial charge in [0.2, 0.25) is 11.8 Å². The summed E-state index contributed by atoms with van der Waals surface area (Å²) in [5.74, 6) is 0.726. The lowest BCUT2D eigenvalue weighted by atomic mass is 9.91. The van der Waals surface area contributed by atoms with Crippen LogP contribution in [0, 0.1) is 12.8 Å². The Kier molecular flexibility index (Phi) is 5.94. The zero-order chi connectivity index (χ0) is 19.6. The van der Waals surface area contributed by atoms with Crippen molar-refractivity contribution in [3.63, 3.8) is 0 Å². The van der Waals surface area contributed by atoms with E-state index in [2.05, 4.69) is 9.97 Å². The van der Waals surface area contributed by atoms with Gasteiger partial charge in [0, 0.05) is 51.1 Å². The average molecular weight is 375 g/mol. The zero-order valence-electron chi connectivity index (χ0n) is 16.1. The minimum atomic E-state index is -0.182. The molecule has 2 saturated heterocycles. The Bertz CT molecular complexity index is 754. The summed E-state index contributed by atoms with van der Waals surface area (Å²) in [5, 5.41) is 0. The molecule has 3 N–H and O–H groups in total. The lowest BCUT2D eigenvalue weighted by molar-refractivity contribution is -0.138. The molecule has 2 aliphatic heterocycles. The standard InChI is InChI=1S/C19H29N5O3/c1-12-21-17(9-18(26)22-12)14-5-7-23(8-6-14)19(27)15-3-4-16(20)11-24(10-15)13(2)25/h9,14-16H,3-8,10-11,20H2,1-2H3,(H,21,22,26)/t15-,16+/m1/s1. The molecule has 3 rings (SSSR count). The fraction of sp³-hybridized carbons (Fsp3) is 0.684. The normalized spacial score (nSPS) is 24.6. The smallest absolute Gasteiger partial charge is 0.251 e. The number of rotatable bonds is 2. The van der Waals surface area contributed by atoms with E-state index in [1.54, 1.807) is 17.9 Å². The predicted molar refractivity (Wildman–Crippen MR) is 101 cm³/mol. The number of nitrogens with one attached hydrogen (secondary N) is 1. The number of piperidine rings is 1. The van der Waals surface area contributed by atoms with E-state index in [0.29, 0.717) is 32.0 Å². The molecule has 0 bridgehead atoms. The highest BCUT2D eigenvalue weighted by molar-refractivity contribution is 5.80. The van der Waals surface area contributed by atoms with Gasteiger partial charge in [0.25, 0.3) is 5.56 Å². The fourth-order valence-corrected chi connectivity index (χ4v) is 4.15. The molecule has 1 aromatic heterocycles. The Morgan fingerprint density at radius 1 is 1.15 bits per heavy atom. The van der Waals surface area contributed by atoms with Crippen molar-refractivity contribution in [2.24, 2.45) is 11.7 Å². The van der Waals surface area contributed by atoms with E-state index < -0.39 is 0 Å². The summed E-state index contributed by atoms with van der Waals surface area (Å²) in [6, 6.07) is 1.50. The minimum absolute atomic E-state index is 0.0281. The van der Waals surface area contributed by atoms with Crippen LogP contribution in [0.2, 0.25) is 0 Å². The number of amides is 2. The molecule has 8 heteroatoms. The van der Waals surface area contributed by atoms with Crippen LogP contribution in [0.15, 0.2) is 10.9 Å². The van der Waals surface area contributed by atoms with E-state index in [0.717, 1.165) is 31.4 Å². The van der Waals surface area contributed by atoms with Crippen molar-refractivity contribution in [1.29, 1.82) is 0 Å². The average Bonchev–Trinajstić information content (AvgIpc) is 2.82. The number of nitrogens with two attached hydrogens (primary N) is 1. The number of carbonyl (C=O) groups excluding carboxylic acids is 2. The molecule has 2 amide bonds. The first-order chi connectivity index (χ1) is 12.8. The van der Waals surface area contributed by atoms with Crippen LogP contribution in [-0.4, -0.2) is 63.8 Å². The lowest BCUT2D eigenvalue weighted by Crippen LogP contribution is -2.45. The van der Waals surface area contributed by atoms with Gasteiger partial charge in [-0.2, -0.15) is 0 Å². The Hall–Kier alpha value is -2.22. The molecule has 2 fully saturated rings. The Labute approximate surface area is 159 Å². The number of nitrogens with zero attached hydrogens (tertiary/aromatic N) is 3. The fourth-order valence-electron chi connectivity index (χ4n) is 4.15. The van der Waals surface area contributed by atoms with Crippen LogP contribution in [0.3, 0.4) is 0 Å². The van der Waals surface area contributed by atoms with Gasteiger partial charge in [-0.05, 0) is 32.6 Å². The molecule has 8 nitrogen and oxygen atoms in total. The molecule has 0 radical (unpaired) electrons. The molecule has 0 unspecified atom stereocenters. The Balaban J connectivity index is 1.62. The summed E-state index contributed by atoms with van der Waals surface area (Å²) >= 11 is 0. The highest BCUT2D eigenvalue weighted by Gasteiger charge is 2.33. The van der Waals surface area contributed by atoms with E-state index in [1.807, 2.05) is 4.90 Å². The van der Waals surface area contributed by atoms with Gasteiger partial charge in [0.15, 0.2) is 0 Å². The molecule has 1 aromatic rings. The number of aryl methyl sites for hydroxylation is 1. The van der Waals surface area contributed by atoms with Gasteiger partial charge < -0.3 is 20.5 Å². The molecular weight excluding hydrogens is 346 g/mol. The van der Waals surface area contributed by atoms with Crippen molar-refractivity contribution in [2.45, 2.75) is 51.5 Å². The molecule has 0 spiro atoms. The van der Waals surface area contributed by atoms with Crippen molar-refractivity contribution in [2.75, 3.05) is 26.2 Å². The molecule has 148 valence electrons. The minimum Gasteiger partial charge on any atom is -0.342 e. The van der Waals surface area contributed by atoms with Crippen LogP contribution >= 0.6 is 0 Å². The van der Waals surface area contributed by atoms with Crippen molar-refractivity contribution in [3.8, 4) is 0 Å². The number of aromatic amines is 1. The Morgan fingerprint density at radius 3 is 2.48 bits per heavy atom. The highest BCUT2D eigenvalue weighted by Crippen LogP contribution is 2.28. The molecule has 3 heterocycles. The molecule has 0 aliphatic carbocycles. The first-order valence-corrected chi connectivity index (χ1v) is 9.71. The molecule has 0 saturated carbocycles. The number of hydrogen-bond donors (Lipinski definition) is 2. The van der Waals surface area contributed by atoms with Gasteiger partial charge in [-0.15, -0.1) is 0 Å². The maximum Gasteiger partial charge on any atom is 0.251 e. The topological polar surface area (TPSA) is 112 Å². The van der Waals surface area contributed by atoms with Crippen LogP contribution < -0.4 is 11.3 Å². The first-order valence-electron chi connectivity index (χ1n) is 9.71. The summed E-state index contributed by atoms with van der Waals surface area (Å²) in [7, 11) is 0. The van der Waals surface area contributed by atoms with Crippen LogP contribution in [0.25, 0.3) is 0 Å². The summed E-state index contributed by atoms with van der Waals surface area (Å²) < 4.78 is 0. The number of likely N-dealkylation sites (tertiary alicyclic amines) is 2. The number of hydrogen-bond acceptors (Lipinski definition) is 5. The van der Waals surface area contributed by atoms with Crippen molar-refractivity contribution in [3.05, 3.63) is 27.9 Å². The number of carbonyl (C=O) groups is 2. The largest absolute Gasteiger partial charge is 0.342 e. The number of aromatic nitrogens is 2. The molecule has 27 heavy (non-hydrogen) atoms. The summed E-state index contributed by atoms with van der Waals surface area (Å²) in [6.45, 7) is 5.59. The lowest BCUT2D eigenvalue weighted by Gasteiger charge is -2.34. The van der Waals surface area contributed by atoms with Crippen LogP contribution in [0.5, 0.6) is 0 Å². The zero-order valence-corrected chi connectivity index (χ0v) is 16.1. The second-order valence-electron chi connectivity index (χ2n) is 7.81. The molecular formula is C19H29N5O3. The second kappa shape index (κ2) is 8.21. The summed E-state index contributed by atoms with van der Waals surface area (Å²) in [6.07, 6.45) is 3.07. The van der Waals surface area contributed by atoms with Gasteiger partial charge in [-0.25, -0.2) is 4.98 Å². The Morgan fingerprint density at radius 2 is 1.85 bits per heavy atom. The van der Waals surface area contributed by atoms with Gasteiger partial charge in [-0.3, -0.25) is 14.4 Å². The van der Waals surface area contributed by atoms with Crippen LogP contribution in [0.1, 0.15) is 50.0 Å². The van der Waals surface area contributed by atoms with E-state index in [1.165, 1.54) is 6.92 Å². The summed E-state index contributed by atoms with van der Waals surface area (Å²) in [4.78, 5) is 47.2. The SMILES string of the molecule is CC(=O)N1C[C@@H](N)CC[C@@H](C(=O)N2CCC(c3cc(=O)[nH]c(C)n3)CC2)C1. The van der Waals surface area contributed by atoms with Gasteiger partial charge in [0.1, 0.15) is 5.82 Å². The van der Waals surface area contributed by atoms with E-state index in [9.17, 15) is 14.4 Å². The summed E-state index contributed by atoms with van der Waals surface area (Å²) in [5.41, 5.74) is 6.74. The van der Waals surface area contributed by atoms with E-state index in [-0.39, 0.29) is 35.3 Å². The van der Waals surface area contributed by atoms with Gasteiger partial charge >= 0.3 is 0 Å². The third kappa shape index (κ3) is 4.74. The predicted octanol–water partition coefficient (Wildman–Crippen LogP) is 0.370. The third-order valence-corrected chi connectivity index (χ3v) is 5.68. The molecule has 2 aliphatic rings. The number of H-pyrrole nitrogens is 1. The monoisotopic (exact) mass is 375 g/mol. The van der Waals surface area contributed by atoms with Crippen molar-refractivity contribution < 1.29 is 9.59 Å². The maximum atomic E-state index is 13.0. The van der Waals surface area contributed by atoms with Crippen molar-refractivity contribution in [1.82, 2.24) is 19.8 Å². The van der Waals surface area contributed by atoms with Gasteiger partial charge in [-0.1, -0.05) is 0 Å². The second-order valence-corrected chi connectivity index (χ2v) is 7.81. The highest BCUT2D eigenvalue weighted by atomic mass is 16.2. The van der Waals surface area contributed by atoms with Crippen LogP contribution in [-0.2, 0) is 9.59 Å². The molecule has 2 atom stereocenters. The van der Waals surface area contributed by atoms with Crippen LogP contribution in [0.4, 0.5) is 0 Å². The maximum absolute atomic E-state index is 13.0. The third-order valence-electron chi connectivity index (χ3n) is 5.68. The molecule has 0 aromatic carbocycles.